The van der Waals surface area contributed by atoms with Crippen LogP contribution in [0.3, 0.4) is 0 Å². The average Bonchev–Trinajstić information content (AvgIpc) is 3.11. The van der Waals surface area contributed by atoms with Crippen molar-refractivity contribution >= 4 is 28.3 Å². The summed E-state index contributed by atoms with van der Waals surface area (Å²) in [5.41, 5.74) is 3.44. The molecule has 1 aromatic carbocycles. The molecule has 2 aromatic rings. The van der Waals surface area contributed by atoms with Crippen LogP contribution < -0.4 is 11.3 Å². The van der Waals surface area contributed by atoms with Crippen molar-refractivity contribution in [3.05, 3.63) is 29.0 Å². The minimum atomic E-state index is 0.496. The molecule has 3 rings (SSSR count). The van der Waals surface area contributed by atoms with Crippen LogP contribution in [-0.2, 0) is 0 Å². The van der Waals surface area contributed by atoms with Gasteiger partial charge in [-0.15, -0.1) is 0 Å². The fourth-order valence-electron chi connectivity index (χ4n) is 1.79. The van der Waals surface area contributed by atoms with Crippen LogP contribution in [0.25, 0.3) is 10.9 Å². The Morgan fingerprint density at radius 2 is 2.12 bits per heavy atom. The highest BCUT2D eigenvalue weighted by Crippen LogP contribution is 2.40. The Morgan fingerprint density at radius 1 is 1.31 bits per heavy atom. The molecule has 1 aliphatic rings. The summed E-state index contributed by atoms with van der Waals surface area (Å²) in [4.78, 5) is 8.93. The lowest BCUT2D eigenvalue weighted by Gasteiger charge is -2.08. The van der Waals surface area contributed by atoms with Crippen LogP contribution in [0.2, 0.25) is 5.02 Å². The van der Waals surface area contributed by atoms with E-state index < -0.39 is 0 Å². The normalized spacial score (nSPS) is 15.4. The lowest BCUT2D eigenvalue weighted by molar-refractivity contribution is 0.946. The maximum atomic E-state index is 6.11. The fraction of sp³-hybridized carbons (Fsp3) is 0.273. The zero-order valence-corrected chi connectivity index (χ0v) is 9.33. The number of halogens is 1. The predicted molar refractivity (Wildman–Crippen MR) is 64.3 cm³/mol. The fourth-order valence-corrected chi connectivity index (χ4v) is 2.05. The van der Waals surface area contributed by atoms with E-state index in [0.29, 0.717) is 16.8 Å². The van der Waals surface area contributed by atoms with Gasteiger partial charge in [0.1, 0.15) is 5.82 Å². The number of hydrazine groups is 1. The van der Waals surface area contributed by atoms with Crippen LogP contribution in [0.4, 0.5) is 5.82 Å². The molecule has 1 saturated carbocycles. The van der Waals surface area contributed by atoms with Crippen molar-refractivity contribution in [1.29, 1.82) is 0 Å². The molecular formula is C11H11ClN4. The topological polar surface area (TPSA) is 63.8 Å². The Hall–Kier alpha value is -1.39. The summed E-state index contributed by atoms with van der Waals surface area (Å²) in [6.45, 7) is 0. The Morgan fingerprint density at radius 3 is 2.81 bits per heavy atom. The van der Waals surface area contributed by atoms with E-state index in [1.165, 1.54) is 0 Å². The van der Waals surface area contributed by atoms with Crippen LogP contribution >= 0.6 is 11.6 Å². The molecule has 0 amide bonds. The molecule has 0 spiro atoms. The Labute approximate surface area is 97.8 Å². The van der Waals surface area contributed by atoms with Crippen molar-refractivity contribution in [3.8, 4) is 0 Å². The molecule has 16 heavy (non-hydrogen) atoms. The van der Waals surface area contributed by atoms with Crippen LogP contribution in [0.15, 0.2) is 18.2 Å². The summed E-state index contributed by atoms with van der Waals surface area (Å²) >= 11 is 6.11. The number of hydrogen-bond donors (Lipinski definition) is 2. The van der Waals surface area contributed by atoms with Crippen LogP contribution in [-0.4, -0.2) is 9.97 Å². The Kier molecular flexibility index (Phi) is 2.19. The maximum Gasteiger partial charge on any atom is 0.153 e. The molecule has 1 fully saturated rings. The molecule has 3 N–H and O–H groups in total. The second kappa shape index (κ2) is 3.57. The first kappa shape index (κ1) is 9.81. The summed E-state index contributed by atoms with van der Waals surface area (Å²) in [5, 5.41) is 1.41. The van der Waals surface area contributed by atoms with Gasteiger partial charge < -0.3 is 5.43 Å². The second-order valence-electron chi connectivity index (χ2n) is 3.98. The third kappa shape index (κ3) is 1.50. The van der Waals surface area contributed by atoms with Crippen LogP contribution in [0.5, 0.6) is 0 Å². The van der Waals surface area contributed by atoms with Gasteiger partial charge in [0.05, 0.1) is 15.9 Å². The molecule has 1 heterocycles. The van der Waals surface area contributed by atoms with Gasteiger partial charge >= 0.3 is 0 Å². The highest BCUT2D eigenvalue weighted by atomic mass is 35.5. The number of rotatable bonds is 2. The summed E-state index contributed by atoms with van der Waals surface area (Å²) < 4.78 is 0. The van der Waals surface area contributed by atoms with E-state index >= 15 is 0 Å². The van der Waals surface area contributed by atoms with Gasteiger partial charge in [-0.1, -0.05) is 17.7 Å². The average molecular weight is 235 g/mol. The highest BCUT2D eigenvalue weighted by Gasteiger charge is 2.27. The maximum absolute atomic E-state index is 6.11. The number of nitrogens with zero attached hydrogens (tertiary/aromatic N) is 2. The van der Waals surface area contributed by atoms with E-state index in [0.717, 1.165) is 29.6 Å². The van der Waals surface area contributed by atoms with Crippen molar-refractivity contribution < 1.29 is 0 Å². The van der Waals surface area contributed by atoms with Crippen molar-refractivity contribution in [1.82, 2.24) is 9.97 Å². The summed E-state index contributed by atoms with van der Waals surface area (Å²) in [5.74, 6) is 7.44. The Balaban J connectivity index is 2.30. The van der Waals surface area contributed by atoms with Crippen molar-refractivity contribution in [2.24, 2.45) is 5.84 Å². The molecule has 0 bridgehead atoms. The zero-order chi connectivity index (χ0) is 11.1. The summed E-state index contributed by atoms with van der Waals surface area (Å²) in [7, 11) is 0. The van der Waals surface area contributed by atoms with Crippen molar-refractivity contribution in [2.45, 2.75) is 18.8 Å². The largest absolute Gasteiger partial charge is 0.308 e. The lowest BCUT2D eigenvalue weighted by Crippen LogP contribution is -2.11. The summed E-state index contributed by atoms with van der Waals surface area (Å²) in [6, 6.07) is 5.62. The van der Waals surface area contributed by atoms with Gasteiger partial charge in [-0.25, -0.2) is 15.8 Å². The molecule has 0 aliphatic heterocycles. The third-order valence-electron chi connectivity index (χ3n) is 2.77. The first-order chi connectivity index (χ1) is 7.79. The number of hydrogen-bond acceptors (Lipinski definition) is 4. The minimum Gasteiger partial charge on any atom is -0.308 e. The first-order valence-corrected chi connectivity index (χ1v) is 5.60. The smallest absolute Gasteiger partial charge is 0.153 e. The van der Waals surface area contributed by atoms with Crippen molar-refractivity contribution in [3.63, 3.8) is 0 Å². The predicted octanol–water partition coefficient (Wildman–Crippen LogP) is 2.45. The highest BCUT2D eigenvalue weighted by molar-refractivity contribution is 6.36. The van der Waals surface area contributed by atoms with E-state index in [1.807, 2.05) is 18.2 Å². The number of nitrogens with two attached hydrogens (primary N) is 1. The number of fused-ring (bicyclic) bond motifs is 1. The zero-order valence-electron chi connectivity index (χ0n) is 8.57. The standard InChI is InChI=1S/C11H11ClN4/c12-7-2-1-3-8-9(7)11(16-13)15-10(14-8)6-4-5-6/h1-3,6H,4-5,13H2,(H,14,15,16). The molecule has 5 heteroatoms. The molecule has 0 radical (unpaired) electrons. The van der Waals surface area contributed by atoms with Gasteiger partial charge in [-0.3, -0.25) is 0 Å². The number of anilines is 1. The molecule has 1 aromatic heterocycles. The van der Waals surface area contributed by atoms with Crippen LogP contribution in [0.1, 0.15) is 24.6 Å². The second-order valence-corrected chi connectivity index (χ2v) is 4.39. The van der Waals surface area contributed by atoms with Crippen LogP contribution in [0, 0.1) is 0 Å². The quantitative estimate of drug-likeness (QED) is 0.619. The number of nitrogen functional groups attached to an aromatic ring is 1. The van der Waals surface area contributed by atoms with E-state index in [2.05, 4.69) is 15.4 Å². The molecule has 0 atom stereocenters. The molecule has 4 nitrogen and oxygen atoms in total. The van der Waals surface area contributed by atoms with Gasteiger partial charge in [-0.2, -0.15) is 0 Å². The third-order valence-corrected chi connectivity index (χ3v) is 3.08. The van der Waals surface area contributed by atoms with E-state index in [9.17, 15) is 0 Å². The summed E-state index contributed by atoms with van der Waals surface area (Å²) in [6.07, 6.45) is 2.33. The molecule has 1 aliphatic carbocycles. The van der Waals surface area contributed by atoms with E-state index in [-0.39, 0.29) is 0 Å². The monoisotopic (exact) mass is 234 g/mol. The van der Waals surface area contributed by atoms with E-state index in [1.54, 1.807) is 0 Å². The van der Waals surface area contributed by atoms with Gasteiger partial charge in [0.15, 0.2) is 5.82 Å². The first-order valence-electron chi connectivity index (χ1n) is 5.22. The molecule has 82 valence electrons. The number of nitrogens with one attached hydrogen (secondary N) is 1. The van der Waals surface area contributed by atoms with Crippen molar-refractivity contribution in [2.75, 3.05) is 5.43 Å². The number of benzene rings is 1. The SMILES string of the molecule is NNc1nc(C2CC2)nc2cccc(Cl)c12. The van der Waals surface area contributed by atoms with E-state index in [4.69, 9.17) is 17.4 Å². The lowest BCUT2D eigenvalue weighted by atomic mass is 10.2. The van der Waals surface area contributed by atoms with Gasteiger partial charge in [-0.05, 0) is 25.0 Å². The van der Waals surface area contributed by atoms with Gasteiger partial charge in [0, 0.05) is 5.92 Å². The Bertz CT molecular complexity index is 551. The van der Waals surface area contributed by atoms with Gasteiger partial charge in [0.2, 0.25) is 0 Å². The molecule has 0 unspecified atom stereocenters. The minimum absolute atomic E-state index is 0.496. The molecule has 0 saturated heterocycles. The van der Waals surface area contributed by atoms with Gasteiger partial charge in [0.25, 0.3) is 0 Å². The molecular weight excluding hydrogens is 224 g/mol. The number of aromatic nitrogens is 2.